The van der Waals surface area contributed by atoms with E-state index in [4.69, 9.17) is 5.11 Å². The Morgan fingerprint density at radius 1 is 1.10 bits per heavy atom. The third kappa shape index (κ3) is 4.72. The SMILES string of the molecule is CC(C)C(=O)NCCNC(=O)c1cccc(C(=O)O)c1. The zero-order valence-corrected chi connectivity index (χ0v) is 11.5. The second-order valence-corrected chi connectivity index (χ2v) is 4.59. The van der Waals surface area contributed by atoms with Crippen molar-refractivity contribution in [3.8, 4) is 0 Å². The second-order valence-electron chi connectivity index (χ2n) is 4.59. The van der Waals surface area contributed by atoms with Gasteiger partial charge in [0.05, 0.1) is 5.56 Å². The van der Waals surface area contributed by atoms with Crippen molar-refractivity contribution in [3.05, 3.63) is 35.4 Å². The quantitative estimate of drug-likeness (QED) is 0.673. The van der Waals surface area contributed by atoms with Crippen molar-refractivity contribution in [2.24, 2.45) is 5.92 Å². The first-order valence-electron chi connectivity index (χ1n) is 6.31. The Bertz CT molecular complexity index is 512. The summed E-state index contributed by atoms with van der Waals surface area (Å²) in [7, 11) is 0. The van der Waals surface area contributed by atoms with E-state index in [0.29, 0.717) is 6.54 Å². The first kappa shape index (κ1) is 15.7. The van der Waals surface area contributed by atoms with Gasteiger partial charge >= 0.3 is 5.97 Å². The molecule has 1 aromatic rings. The molecule has 0 spiro atoms. The second kappa shape index (κ2) is 7.28. The molecular formula is C14H18N2O4. The third-order valence-electron chi connectivity index (χ3n) is 2.61. The van der Waals surface area contributed by atoms with Gasteiger partial charge in [-0.3, -0.25) is 9.59 Å². The highest BCUT2D eigenvalue weighted by atomic mass is 16.4. The number of hydrogen-bond acceptors (Lipinski definition) is 3. The molecule has 3 N–H and O–H groups in total. The van der Waals surface area contributed by atoms with Crippen molar-refractivity contribution >= 4 is 17.8 Å². The minimum atomic E-state index is -1.08. The Morgan fingerprint density at radius 3 is 2.30 bits per heavy atom. The predicted molar refractivity (Wildman–Crippen MR) is 73.6 cm³/mol. The fraction of sp³-hybridized carbons (Fsp3) is 0.357. The van der Waals surface area contributed by atoms with E-state index in [1.54, 1.807) is 13.8 Å². The first-order chi connectivity index (χ1) is 9.41. The van der Waals surface area contributed by atoms with E-state index in [2.05, 4.69) is 10.6 Å². The molecule has 0 fully saturated rings. The van der Waals surface area contributed by atoms with Crippen molar-refractivity contribution in [1.82, 2.24) is 10.6 Å². The Balaban J connectivity index is 2.45. The van der Waals surface area contributed by atoms with Crippen molar-refractivity contribution in [2.45, 2.75) is 13.8 Å². The van der Waals surface area contributed by atoms with E-state index in [9.17, 15) is 14.4 Å². The topological polar surface area (TPSA) is 95.5 Å². The van der Waals surface area contributed by atoms with E-state index in [0.717, 1.165) is 0 Å². The van der Waals surface area contributed by atoms with Crippen molar-refractivity contribution < 1.29 is 19.5 Å². The van der Waals surface area contributed by atoms with E-state index in [1.807, 2.05) is 0 Å². The maximum absolute atomic E-state index is 11.8. The van der Waals surface area contributed by atoms with Crippen LogP contribution in [0.4, 0.5) is 0 Å². The Hall–Kier alpha value is -2.37. The number of rotatable bonds is 6. The lowest BCUT2D eigenvalue weighted by molar-refractivity contribution is -0.123. The largest absolute Gasteiger partial charge is 0.478 e. The lowest BCUT2D eigenvalue weighted by Gasteiger charge is -2.09. The fourth-order valence-electron chi connectivity index (χ4n) is 1.46. The van der Waals surface area contributed by atoms with Crippen LogP contribution in [-0.4, -0.2) is 36.0 Å². The van der Waals surface area contributed by atoms with Gasteiger partial charge in [0.25, 0.3) is 5.91 Å². The molecule has 0 unspecified atom stereocenters. The van der Waals surface area contributed by atoms with Crippen molar-refractivity contribution in [1.29, 1.82) is 0 Å². The number of carboxylic acids is 1. The number of aromatic carboxylic acids is 1. The normalized spacial score (nSPS) is 10.2. The molecule has 0 aliphatic heterocycles. The number of hydrogen-bond donors (Lipinski definition) is 3. The van der Waals surface area contributed by atoms with Crippen molar-refractivity contribution in [2.75, 3.05) is 13.1 Å². The van der Waals surface area contributed by atoms with Gasteiger partial charge in [-0.2, -0.15) is 0 Å². The summed E-state index contributed by atoms with van der Waals surface area (Å²) in [4.78, 5) is 33.9. The van der Waals surface area contributed by atoms with E-state index in [1.165, 1.54) is 24.3 Å². The summed E-state index contributed by atoms with van der Waals surface area (Å²) in [6.07, 6.45) is 0. The molecule has 0 aliphatic rings. The smallest absolute Gasteiger partial charge is 0.335 e. The van der Waals surface area contributed by atoms with Gasteiger partial charge in [-0.15, -0.1) is 0 Å². The van der Waals surface area contributed by atoms with E-state index >= 15 is 0 Å². The van der Waals surface area contributed by atoms with Gasteiger partial charge in [0.15, 0.2) is 0 Å². The highest BCUT2D eigenvalue weighted by molar-refractivity contribution is 5.97. The van der Waals surface area contributed by atoms with Crippen LogP contribution in [0.2, 0.25) is 0 Å². The molecule has 0 bridgehead atoms. The van der Waals surface area contributed by atoms with Crippen molar-refractivity contribution in [3.63, 3.8) is 0 Å². The standard InChI is InChI=1S/C14H18N2O4/c1-9(2)12(17)15-6-7-16-13(18)10-4-3-5-11(8-10)14(19)20/h3-5,8-9H,6-7H2,1-2H3,(H,15,17)(H,16,18)(H,19,20). The third-order valence-corrected chi connectivity index (χ3v) is 2.61. The molecule has 0 saturated carbocycles. The highest BCUT2D eigenvalue weighted by Crippen LogP contribution is 2.05. The van der Waals surface area contributed by atoms with Crippen LogP contribution in [-0.2, 0) is 4.79 Å². The molecule has 108 valence electrons. The molecule has 0 heterocycles. The number of amides is 2. The van der Waals surface area contributed by atoms with Gasteiger partial charge in [0, 0.05) is 24.6 Å². The Morgan fingerprint density at radius 2 is 1.70 bits per heavy atom. The maximum atomic E-state index is 11.8. The lowest BCUT2D eigenvalue weighted by Crippen LogP contribution is -2.36. The van der Waals surface area contributed by atoms with Crippen LogP contribution in [0.1, 0.15) is 34.6 Å². The molecule has 20 heavy (non-hydrogen) atoms. The monoisotopic (exact) mass is 278 g/mol. The van der Waals surface area contributed by atoms with Crippen LogP contribution >= 0.6 is 0 Å². The summed E-state index contributed by atoms with van der Waals surface area (Å²) in [5.41, 5.74) is 0.339. The van der Waals surface area contributed by atoms with Gasteiger partial charge in [-0.1, -0.05) is 19.9 Å². The van der Waals surface area contributed by atoms with Gasteiger partial charge in [0.1, 0.15) is 0 Å². The summed E-state index contributed by atoms with van der Waals surface area (Å²) < 4.78 is 0. The zero-order valence-electron chi connectivity index (χ0n) is 11.5. The molecule has 2 amide bonds. The average Bonchev–Trinajstić information content (AvgIpc) is 2.43. The molecule has 0 saturated heterocycles. The van der Waals surface area contributed by atoms with Crippen LogP contribution in [0.3, 0.4) is 0 Å². The predicted octanol–water partition coefficient (Wildman–Crippen LogP) is 0.887. The van der Waals surface area contributed by atoms with Gasteiger partial charge < -0.3 is 15.7 Å². The zero-order chi connectivity index (χ0) is 15.1. The van der Waals surface area contributed by atoms with Crippen LogP contribution < -0.4 is 10.6 Å². The Kier molecular flexibility index (Phi) is 5.71. The molecule has 6 heteroatoms. The molecule has 0 aliphatic carbocycles. The van der Waals surface area contributed by atoms with Gasteiger partial charge in [0.2, 0.25) is 5.91 Å². The summed E-state index contributed by atoms with van der Waals surface area (Å²) in [6.45, 7) is 4.19. The maximum Gasteiger partial charge on any atom is 0.335 e. The summed E-state index contributed by atoms with van der Waals surface area (Å²) in [5.74, 6) is -1.62. The summed E-state index contributed by atoms with van der Waals surface area (Å²) in [6, 6.07) is 5.78. The molecule has 0 aromatic heterocycles. The molecule has 0 radical (unpaired) electrons. The first-order valence-corrected chi connectivity index (χ1v) is 6.31. The fourth-order valence-corrected chi connectivity index (χ4v) is 1.46. The van der Waals surface area contributed by atoms with E-state index < -0.39 is 5.97 Å². The van der Waals surface area contributed by atoms with Crippen LogP contribution in [0, 0.1) is 5.92 Å². The minimum absolute atomic E-state index is 0.0609. The van der Waals surface area contributed by atoms with Gasteiger partial charge in [-0.25, -0.2) is 4.79 Å². The number of nitrogens with one attached hydrogen (secondary N) is 2. The lowest BCUT2D eigenvalue weighted by atomic mass is 10.1. The highest BCUT2D eigenvalue weighted by Gasteiger charge is 2.09. The average molecular weight is 278 g/mol. The number of carboxylic acid groups (broad SMARTS) is 1. The van der Waals surface area contributed by atoms with E-state index in [-0.39, 0.29) is 35.4 Å². The van der Waals surface area contributed by atoms with Crippen LogP contribution in [0.5, 0.6) is 0 Å². The van der Waals surface area contributed by atoms with Crippen LogP contribution in [0.25, 0.3) is 0 Å². The minimum Gasteiger partial charge on any atom is -0.478 e. The molecule has 1 rings (SSSR count). The van der Waals surface area contributed by atoms with Crippen LogP contribution in [0.15, 0.2) is 24.3 Å². The molecule has 0 atom stereocenters. The summed E-state index contributed by atoms with van der Waals surface area (Å²) in [5, 5.41) is 14.1. The summed E-state index contributed by atoms with van der Waals surface area (Å²) >= 11 is 0. The molecular weight excluding hydrogens is 260 g/mol. The number of carbonyl (C=O) groups excluding carboxylic acids is 2. The van der Waals surface area contributed by atoms with Gasteiger partial charge in [-0.05, 0) is 18.2 Å². The molecule has 1 aromatic carbocycles. The molecule has 6 nitrogen and oxygen atoms in total. The number of carbonyl (C=O) groups is 3. The Labute approximate surface area is 117 Å². The number of benzene rings is 1.